The van der Waals surface area contributed by atoms with Crippen LogP contribution in [0.25, 0.3) is 10.2 Å². The zero-order valence-electron chi connectivity index (χ0n) is 15.2. The minimum absolute atomic E-state index is 0.0165. The van der Waals surface area contributed by atoms with E-state index in [1.165, 1.54) is 16.9 Å². The molecule has 142 valence electrons. The second-order valence-electron chi connectivity index (χ2n) is 6.63. The van der Waals surface area contributed by atoms with Gasteiger partial charge in [-0.3, -0.25) is 9.59 Å². The number of nitrogens with zero attached hydrogens (tertiary/aromatic N) is 1. The van der Waals surface area contributed by atoms with Crippen LogP contribution in [0.4, 0.5) is 0 Å². The lowest BCUT2D eigenvalue weighted by atomic mass is 9.97. The summed E-state index contributed by atoms with van der Waals surface area (Å²) in [5.41, 5.74) is 1.20. The minimum Gasteiger partial charge on any atom is -0.383 e. The first kappa shape index (κ1) is 19.4. The lowest BCUT2D eigenvalue weighted by Gasteiger charge is -2.12. The van der Waals surface area contributed by atoms with Crippen LogP contribution < -0.4 is 10.9 Å². The first-order valence-electron chi connectivity index (χ1n) is 8.98. The maximum Gasteiger partial charge on any atom is 0.259 e. The van der Waals surface area contributed by atoms with E-state index in [1.807, 2.05) is 6.92 Å². The Balaban J connectivity index is 1.55. The summed E-state index contributed by atoms with van der Waals surface area (Å²) < 4.78 is 5.00. The lowest BCUT2D eigenvalue weighted by molar-refractivity contribution is -0.121. The number of hydrogen-bond acceptors (Lipinski definition) is 6. The fraction of sp³-hybridized carbons (Fsp3) is 0.611. The normalized spacial score (nSPS) is 15.0. The van der Waals surface area contributed by atoms with E-state index in [0.29, 0.717) is 30.4 Å². The molecule has 1 atom stereocenters. The number of aromatic nitrogens is 2. The van der Waals surface area contributed by atoms with Crippen molar-refractivity contribution in [2.45, 2.75) is 50.8 Å². The van der Waals surface area contributed by atoms with Crippen molar-refractivity contribution in [3.8, 4) is 0 Å². The van der Waals surface area contributed by atoms with Gasteiger partial charge in [-0.05, 0) is 38.2 Å². The molecule has 2 heterocycles. The van der Waals surface area contributed by atoms with Crippen LogP contribution in [-0.2, 0) is 28.1 Å². The van der Waals surface area contributed by atoms with Crippen molar-refractivity contribution in [1.29, 1.82) is 0 Å². The number of methoxy groups -OCH3 is 1. The molecule has 2 aromatic heterocycles. The summed E-state index contributed by atoms with van der Waals surface area (Å²) in [6, 6.07) is 0.0165. The molecule has 0 radical (unpaired) electrons. The number of H-pyrrole nitrogens is 1. The van der Waals surface area contributed by atoms with E-state index in [0.717, 1.165) is 29.5 Å². The number of aryl methyl sites for hydroxylation is 2. The summed E-state index contributed by atoms with van der Waals surface area (Å²) in [6.45, 7) is 2.42. The molecule has 3 rings (SSSR count). The maximum absolute atomic E-state index is 12.5. The highest BCUT2D eigenvalue weighted by atomic mass is 32.2. The molecule has 0 saturated carbocycles. The van der Waals surface area contributed by atoms with Crippen molar-refractivity contribution in [1.82, 2.24) is 15.3 Å². The largest absolute Gasteiger partial charge is 0.383 e. The van der Waals surface area contributed by atoms with Gasteiger partial charge in [-0.15, -0.1) is 11.3 Å². The van der Waals surface area contributed by atoms with Crippen LogP contribution in [0.2, 0.25) is 0 Å². The number of nitrogens with one attached hydrogen (secondary N) is 2. The van der Waals surface area contributed by atoms with Gasteiger partial charge in [0.15, 0.2) is 0 Å². The molecular weight excluding hydrogens is 370 g/mol. The van der Waals surface area contributed by atoms with Gasteiger partial charge in [0.25, 0.3) is 5.56 Å². The van der Waals surface area contributed by atoms with Gasteiger partial charge in [0.1, 0.15) is 10.7 Å². The van der Waals surface area contributed by atoms with Gasteiger partial charge in [-0.25, -0.2) is 4.98 Å². The smallest absolute Gasteiger partial charge is 0.259 e. The Morgan fingerprint density at radius 3 is 3.04 bits per heavy atom. The third-order valence-corrected chi connectivity index (χ3v) is 6.57. The predicted octanol–water partition coefficient (Wildman–Crippen LogP) is 2.64. The second-order valence-corrected chi connectivity index (χ2v) is 8.82. The van der Waals surface area contributed by atoms with Crippen molar-refractivity contribution in [3.05, 3.63) is 26.6 Å². The highest BCUT2D eigenvalue weighted by Crippen LogP contribution is 2.33. The quantitative estimate of drug-likeness (QED) is 0.671. The van der Waals surface area contributed by atoms with Gasteiger partial charge in [0, 0.05) is 30.2 Å². The number of carbonyl (C=O) groups excluding carboxylic acids is 1. The number of amides is 1. The first-order valence-corrected chi connectivity index (χ1v) is 10.9. The number of thiophene rings is 1. The van der Waals surface area contributed by atoms with E-state index in [-0.39, 0.29) is 17.5 Å². The highest BCUT2D eigenvalue weighted by Gasteiger charge is 2.19. The molecule has 26 heavy (non-hydrogen) atoms. The molecule has 1 amide bonds. The van der Waals surface area contributed by atoms with Crippen LogP contribution in [0.15, 0.2) is 4.79 Å². The molecule has 1 aliphatic carbocycles. The number of thioether (sulfide) groups is 1. The first-order chi connectivity index (χ1) is 12.6. The van der Waals surface area contributed by atoms with E-state index in [4.69, 9.17) is 4.74 Å². The molecule has 0 spiro atoms. The van der Waals surface area contributed by atoms with E-state index >= 15 is 0 Å². The Hall–Kier alpha value is -1.38. The summed E-state index contributed by atoms with van der Waals surface area (Å²) in [6.07, 6.45) is 4.85. The SMILES string of the molecule is COCC(C)NC(=O)CCSCc1nc2sc3c(c2c(=O)[nH]1)CCCC3. The number of rotatable bonds is 8. The molecule has 0 bridgehead atoms. The standard InChI is InChI=1S/C18H25N3O3S2/c1-11(9-24-2)19-15(22)7-8-25-10-14-20-17(23)16-12-5-3-4-6-13(12)26-18(16)21-14/h11H,3-10H2,1-2H3,(H,19,22)(H,20,21,23). The average Bonchev–Trinajstić information content (AvgIpc) is 2.97. The topological polar surface area (TPSA) is 84.1 Å². The van der Waals surface area contributed by atoms with Crippen molar-refractivity contribution in [2.24, 2.45) is 0 Å². The molecule has 1 aliphatic rings. The van der Waals surface area contributed by atoms with Gasteiger partial charge in [0.05, 0.1) is 17.7 Å². The Bertz CT molecular complexity index is 831. The molecule has 0 saturated heterocycles. The van der Waals surface area contributed by atoms with E-state index in [2.05, 4.69) is 15.3 Å². The summed E-state index contributed by atoms with van der Waals surface area (Å²) in [5.74, 6) is 2.01. The molecule has 6 nitrogen and oxygen atoms in total. The van der Waals surface area contributed by atoms with E-state index in [1.54, 1.807) is 30.2 Å². The van der Waals surface area contributed by atoms with Crippen molar-refractivity contribution in [3.63, 3.8) is 0 Å². The molecule has 0 aliphatic heterocycles. The van der Waals surface area contributed by atoms with Crippen molar-refractivity contribution < 1.29 is 9.53 Å². The Kier molecular flexibility index (Phi) is 6.72. The predicted molar refractivity (Wildman–Crippen MR) is 107 cm³/mol. The fourth-order valence-corrected chi connectivity index (χ4v) is 5.33. The average molecular weight is 396 g/mol. The summed E-state index contributed by atoms with van der Waals surface area (Å²) in [7, 11) is 1.62. The summed E-state index contributed by atoms with van der Waals surface area (Å²) in [5, 5.41) is 3.69. The van der Waals surface area contributed by atoms with Gasteiger partial charge in [-0.1, -0.05) is 0 Å². The Morgan fingerprint density at radius 1 is 1.42 bits per heavy atom. The van der Waals surface area contributed by atoms with Crippen LogP contribution in [0, 0.1) is 0 Å². The molecule has 0 fully saturated rings. The van der Waals surface area contributed by atoms with Crippen LogP contribution in [-0.4, -0.2) is 41.4 Å². The molecule has 1 unspecified atom stereocenters. The molecular formula is C18H25N3O3S2. The van der Waals surface area contributed by atoms with E-state index in [9.17, 15) is 9.59 Å². The van der Waals surface area contributed by atoms with Crippen LogP contribution in [0.5, 0.6) is 0 Å². The van der Waals surface area contributed by atoms with Gasteiger partial charge in [0.2, 0.25) is 5.91 Å². The zero-order chi connectivity index (χ0) is 18.5. The van der Waals surface area contributed by atoms with Crippen LogP contribution >= 0.6 is 23.1 Å². The van der Waals surface area contributed by atoms with Gasteiger partial charge in [-0.2, -0.15) is 11.8 Å². The zero-order valence-corrected chi connectivity index (χ0v) is 16.9. The monoisotopic (exact) mass is 395 g/mol. The minimum atomic E-state index is -0.0175. The maximum atomic E-state index is 12.5. The number of ether oxygens (including phenoxy) is 1. The fourth-order valence-electron chi connectivity index (χ4n) is 3.25. The summed E-state index contributed by atoms with van der Waals surface area (Å²) >= 11 is 3.27. The molecule has 2 N–H and O–H groups in total. The Morgan fingerprint density at radius 2 is 2.23 bits per heavy atom. The highest BCUT2D eigenvalue weighted by molar-refractivity contribution is 7.98. The number of carbonyl (C=O) groups is 1. The van der Waals surface area contributed by atoms with E-state index < -0.39 is 0 Å². The van der Waals surface area contributed by atoms with Crippen LogP contribution in [0.1, 0.15) is 42.5 Å². The third-order valence-electron chi connectivity index (χ3n) is 4.41. The second kappa shape index (κ2) is 9.01. The number of hydrogen-bond donors (Lipinski definition) is 2. The lowest BCUT2D eigenvalue weighted by Crippen LogP contribution is -2.35. The van der Waals surface area contributed by atoms with Crippen LogP contribution in [0.3, 0.4) is 0 Å². The molecule has 0 aromatic carbocycles. The number of aromatic amines is 1. The van der Waals surface area contributed by atoms with Crippen molar-refractivity contribution >= 4 is 39.2 Å². The third kappa shape index (κ3) is 4.66. The van der Waals surface area contributed by atoms with Gasteiger partial charge < -0.3 is 15.0 Å². The molecule has 8 heteroatoms. The number of fused-ring (bicyclic) bond motifs is 3. The summed E-state index contributed by atoms with van der Waals surface area (Å²) in [4.78, 5) is 34.1. The van der Waals surface area contributed by atoms with Crippen molar-refractivity contribution in [2.75, 3.05) is 19.5 Å². The molecule has 2 aromatic rings. The van der Waals surface area contributed by atoms with Gasteiger partial charge >= 0.3 is 0 Å². The Labute approximate surface area is 161 Å².